The number of rotatable bonds is 3. The van der Waals surface area contributed by atoms with Crippen LogP contribution in [0.25, 0.3) is 11.1 Å². The Morgan fingerprint density at radius 3 is 2.73 bits per heavy atom. The predicted molar refractivity (Wildman–Crippen MR) is 86.4 cm³/mol. The Morgan fingerprint density at radius 1 is 1.00 bits per heavy atom. The van der Waals surface area contributed by atoms with Gasteiger partial charge in [0.25, 0.3) is 0 Å². The molecule has 22 heavy (non-hydrogen) atoms. The fourth-order valence-corrected chi connectivity index (χ4v) is 2.72. The first-order valence-electron chi connectivity index (χ1n) is 7.29. The summed E-state index contributed by atoms with van der Waals surface area (Å²) < 4.78 is 5.82. The second kappa shape index (κ2) is 5.48. The summed E-state index contributed by atoms with van der Waals surface area (Å²) in [6.45, 7) is 0.697. The van der Waals surface area contributed by atoms with Crippen molar-refractivity contribution in [2.75, 3.05) is 11.9 Å². The van der Waals surface area contributed by atoms with Gasteiger partial charge < -0.3 is 10.1 Å². The molecule has 1 aliphatic rings. The SMILES string of the molecule is c1ccc(-c2cnc(Nc3cccnc3)c3c2CCO3)cc1. The molecule has 1 aromatic carbocycles. The van der Waals surface area contributed by atoms with Crippen LogP contribution < -0.4 is 10.1 Å². The van der Waals surface area contributed by atoms with Gasteiger partial charge in [0.15, 0.2) is 11.6 Å². The molecule has 0 spiro atoms. The van der Waals surface area contributed by atoms with Gasteiger partial charge in [-0.25, -0.2) is 4.98 Å². The average Bonchev–Trinajstić information content (AvgIpc) is 3.07. The van der Waals surface area contributed by atoms with E-state index in [9.17, 15) is 0 Å². The molecule has 4 nitrogen and oxygen atoms in total. The van der Waals surface area contributed by atoms with Crippen LogP contribution in [0.5, 0.6) is 5.75 Å². The molecule has 0 fully saturated rings. The van der Waals surface area contributed by atoms with Gasteiger partial charge in [-0.3, -0.25) is 4.98 Å². The number of hydrogen-bond donors (Lipinski definition) is 1. The first-order chi connectivity index (χ1) is 10.9. The van der Waals surface area contributed by atoms with Gasteiger partial charge in [-0.2, -0.15) is 0 Å². The molecule has 0 saturated heterocycles. The minimum Gasteiger partial charge on any atom is -0.489 e. The summed E-state index contributed by atoms with van der Waals surface area (Å²) in [4.78, 5) is 8.67. The molecule has 2 aromatic heterocycles. The van der Waals surface area contributed by atoms with Gasteiger partial charge in [-0.05, 0) is 17.7 Å². The number of nitrogens with one attached hydrogen (secondary N) is 1. The van der Waals surface area contributed by atoms with Gasteiger partial charge in [0.2, 0.25) is 0 Å². The van der Waals surface area contributed by atoms with E-state index in [-0.39, 0.29) is 0 Å². The third-order valence-electron chi connectivity index (χ3n) is 3.74. The van der Waals surface area contributed by atoms with E-state index in [2.05, 4.69) is 27.4 Å². The smallest absolute Gasteiger partial charge is 0.173 e. The van der Waals surface area contributed by atoms with Gasteiger partial charge >= 0.3 is 0 Å². The molecule has 108 valence electrons. The van der Waals surface area contributed by atoms with Crippen LogP contribution >= 0.6 is 0 Å². The third-order valence-corrected chi connectivity index (χ3v) is 3.74. The maximum atomic E-state index is 5.82. The molecule has 4 heteroatoms. The number of anilines is 2. The number of benzene rings is 1. The minimum absolute atomic E-state index is 0.697. The molecular weight excluding hydrogens is 274 g/mol. The third kappa shape index (κ3) is 2.29. The normalized spacial score (nSPS) is 12.5. The molecule has 3 aromatic rings. The Bertz CT molecular complexity index is 788. The zero-order valence-corrected chi connectivity index (χ0v) is 12.0. The van der Waals surface area contributed by atoms with Gasteiger partial charge in [-0.1, -0.05) is 30.3 Å². The van der Waals surface area contributed by atoms with Crippen molar-refractivity contribution in [2.45, 2.75) is 6.42 Å². The molecule has 0 bridgehead atoms. The highest BCUT2D eigenvalue weighted by Gasteiger charge is 2.22. The highest BCUT2D eigenvalue weighted by molar-refractivity contribution is 5.75. The van der Waals surface area contributed by atoms with Crippen molar-refractivity contribution < 1.29 is 4.74 Å². The van der Waals surface area contributed by atoms with E-state index >= 15 is 0 Å². The van der Waals surface area contributed by atoms with Crippen LogP contribution in [0, 0.1) is 0 Å². The molecule has 0 saturated carbocycles. The van der Waals surface area contributed by atoms with Crippen molar-refractivity contribution >= 4 is 11.5 Å². The highest BCUT2D eigenvalue weighted by Crippen LogP contribution is 2.39. The summed E-state index contributed by atoms with van der Waals surface area (Å²) in [6, 6.07) is 14.2. The van der Waals surface area contributed by atoms with Crippen molar-refractivity contribution in [1.29, 1.82) is 0 Å². The van der Waals surface area contributed by atoms with Crippen molar-refractivity contribution in [2.24, 2.45) is 0 Å². The first kappa shape index (κ1) is 12.8. The van der Waals surface area contributed by atoms with E-state index in [1.165, 1.54) is 11.1 Å². The molecule has 3 heterocycles. The van der Waals surface area contributed by atoms with Gasteiger partial charge in [0.1, 0.15) is 0 Å². The number of aromatic nitrogens is 2. The Balaban J connectivity index is 1.76. The van der Waals surface area contributed by atoms with Crippen LogP contribution in [0.15, 0.2) is 61.1 Å². The Hall–Kier alpha value is -2.88. The van der Waals surface area contributed by atoms with Crippen LogP contribution in [0.1, 0.15) is 5.56 Å². The molecule has 1 N–H and O–H groups in total. The lowest BCUT2D eigenvalue weighted by atomic mass is 10.0. The zero-order chi connectivity index (χ0) is 14.8. The number of fused-ring (bicyclic) bond motifs is 1. The maximum absolute atomic E-state index is 5.82. The summed E-state index contributed by atoms with van der Waals surface area (Å²) in [5.74, 6) is 1.60. The summed E-state index contributed by atoms with van der Waals surface area (Å²) in [5.41, 5.74) is 4.43. The van der Waals surface area contributed by atoms with Crippen molar-refractivity contribution in [3.05, 3.63) is 66.6 Å². The van der Waals surface area contributed by atoms with Crippen LogP contribution in [-0.4, -0.2) is 16.6 Å². The van der Waals surface area contributed by atoms with Crippen LogP contribution in [0.4, 0.5) is 11.5 Å². The van der Waals surface area contributed by atoms with E-state index in [0.717, 1.165) is 29.2 Å². The molecule has 0 amide bonds. The van der Waals surface area contributed by atoms with Gasteiger partial charge in [0, 0.05) is 29.9 Å². The molecule has 0 unspecified atom stereocenters. The molecule has 1 aliphatic heterocycles. The standard InChI is InChI=1S/C18H15N3O/c1-2-5-13(6-3-1)16-12-20-18(17-15(16)8-10-22-17)21-14-7-4-9-19-11-14/h1-7,9,11-12H,8,10H2,(H,20,21). The Kier molecular flexibility index (Phi) is 3.20. The van der Waals surface area contributed by atoms with Crippen molar-refractivity contribution in [1.82, 2.24) is 9.97 Å². The van der Waals surface area contributed by atoms with Crippen molar-refractivity contribution in [3.63, 3.8) is 0 Å². The molecule has 0 aliphatic carbocycles. The van der Waals surface area contributed by atoms with E-state index in [1.807, 2.05) is 36.5 Å². The largest absolute Gasteiger partial charge is 0.489 e. The average molecular weight is 289 g/mol. The fraction of sp³-hybridized carbons (Fsp3) is 0.111. The van der Waals surface area contributed by atoms with Gasteiger partial charge in [0.05, 0.1) is 18.5 Å². The van der Waals surface area contributed by atoms with E-state index < -0.39 is 0 Å². The maximum Gasteiger partial charge on any atom is 0.173 e. The van der Waals surface area contributed by atoms with Gasteiger partial charge in [-0.15, -0.1) is 0 Å². The molecular formula is C18H15N3O. The summed E-state index contributed by atoms with van der Waals surface area (Å²) in [6.07, 6.45) is 6.34. The van der Waals surface area contributed by atoms with Crippen molar-refractivity contribution in [3.8, 4) is 16.9 Å². The lowest BCUT2D eigenvalue weighted by Crippen LogP contribution is -1.98. The lowest BCUT2D eigenvalue weighted by molar-refractivity contribution is 0.357. The van der Waals surface area contributed by atoms with Crippen LogP contribution in [0.3, 0.4) is 0 Å². The second-order valence-corrected chi connectivity index (χ2v) is 5.16. The topological polar surface area (TPSA) is 47.0 Å². The zero-order valence-electron chi connectivity index (χ0n) is 12.0. The monoisotopic (exact) mass is 289 g/mol. The summed E-state index contributed by atoms with van der Waals surface area (Å²) >= 11 is 0. The minimum atomic E-state index is 0.697. The molecule has 4 rings (SSSR count). The summed E-state index contributed by atoms with van der Waals surface area (Å²) in [7, 11) is 0. The molecule has 0 atom stereocenters. The number of nitrogens with zero attached hydrogens (tertiary/aromatic N) is 2. The predicted octanol–water partition coefficient (Wildman–Crippen LogP) is 3.82. The lowest BCUT2D eigenvalue weighted by Gasteiger charge is -2.12. The van der Waals surface area contributed by atoms with E-state index in [1.54, 1.807) is 12.4 Å². The van der Waals surface area contributed by atoms with E-state index in [4.69, 9.17) is 4.74 Å². The van der Waals surface area contributed by atoms with Crippen LogP contribution in [-0.2, 0) is 6.42 Å². The van der Waals surface area contributed by atoms with Crippen LogP contribution in [0.2, 0.25) is 0 Å². The Morgan fingerprint density at radius 2 is 1.91 bits per heavy atom. The number of hydrogen-bond acceptors (Lipinski definition) is 4. The number of pyridine rings is 2. The first-order valence-corrected chi connectivity index (χ1v) is 7.29. The fourth-order valence-electron chi connectivity index (χ4n) is 2.72. The quantitative estimate of drug-likeness (QED) is 0.796. The summed E-state index contributed by atoms with van der Waals surface area (Å²) in [5, 5.41) is 3.28. The van der Waals surface area contributed by atoms with E-state index in [0.29, 0.717) is 6.61 Å². The molecule has 0 radical (unpaired) electrons. The number of ether oxygens (including phenoxy) is 1. The second-order valence-electron chi connectivity index (χ2n) is 5.16. The highest BCUT2D eigenvalue weighted by atomic mass is 16.5. The Labute approximate surface area is 128 Å².